The maximum Gasteiger partial charge on any atom is 0.237 e. The Hall–Kier alpha value is -2.32. The summed E-state index contributed by atoms with van der Waals surface area (Å²) in [6.07, 6.45) is 1.58. The maximum absolute atomic E-state index is 12.4. The Kier molecular flexibility index (Phi) is 5.78. The van der Waals surface area contributed by atoms with Gasteiger partial charge < -0.3 is 5.32 Å². The van der Waals surface area contributed by atoms with Crippen LogP contribution in [0, 0.1) is 11.3 Å². The summed E-state index contributed by atoms with van der Waals surface area (Å²) in [4.78, 5) is 16.6. The predicted molar refractivity (Wildman–Crippen MR) is 93.4 cm³/mol. The molecule has 0 saturated heterocycles. The number of thioether (sulfide) groups is 1. The van der Waals surface area contributed by atoms with Gasteiger partial charge in [0.25, 0.3) is 0 Å². The molecule has 2 rings (SSSR count). The van der Waals surface area contributed by atoms with Gasteiger partial charge in [0.2, 0.25) is 5.91 Å². The smallest absolute Gasteiger partial charge is 0.237 e. The van der Waals surface area contributed by atoms with E-state index in [-0.39, 0.29) is 11.2 Å². The Morgan fingerprint density at radius 1 is 1.26 bits per heavy atom. The highest BCUT2D eigenvalue weighted by Crippen LogP contribution is 2.26. The molecule has 0 aliphatic heterocycles. The van der Waals surface area contributed by atoms with Crippen molar-refractivity contribution in [1.29, 1.82) is 5.26 Å². The SMILES string of the molecule is CC(Sc1cc(C#N)ccn1)C(=O)Nc1ccccc1C(C)C. The summed E-state index contributed by atoms with van der Waals surface area (Å²) in [7, 11) is 0. The van der Waals surface area contributed by atoms with Crippen LogP contribution in [-0.2, 0) is 4.79 Å². The molecule has 1 amide bonds. The van der Waals surface area contributed by atoms with Crippen molar-refractivity contribution in [3.8, 4) is 6.07 Å². The first kappa shape index (κ1) is 17.0. The quantitative estimate of drug-likeness (QED) is 0.837. The zero-order valence-corrected chi connectivity index (χ0v) is 14.2. The van der Waals surface area contributed by atoms with Crippen LogP contribution in [0.4, 0.5) is 5.69 Å². The van der Waals surface area contributed by atoms with Gasteiger partial charge in [-0.3, -0.25) is 4.79 Å². The normalized spacial score (nSPS) is 11.8. The molecule has 118 valence electrons. The summed E-state index contributed by atoms with van der Waals surface area (Å²) >= 11 is 1.34. The van der Waals surface area contributed by atoms with Crippen molar-refractivity contribution in [2.75, 3.05) is 5.32 Å². The summed E-state index contributed by atoms with van der Waals surface area (Å²) in [5, 5.41) is 12.3. The first-order chi connectivity index (χ1) is 11.0. The van der Waals surface area contributed by atoms with Crippen molar-refractivity contribution in [3.05, 3.63) is 53.7 Å². The summed E-state index contributed by atoms with van der Waals surface area (Å²) in [5.41, 5.74) is 2.50. The van der Waals surface area contributed by atoms with E-state index in [1.54, 1.807) is 18.3 Å². The van der Waals surface area contributed by atoms with Crippen molar-refractivity contribution < 1.29 is 4.79 Å². The number of rotatable bonds is 5. The number of aromatic nitrogens is 1. The van der Waals surface area contributed by atoms with Gasteiger partial charge in [-0.25, -0.2) is 4.98 Å². The van der Waals surface area contributed by atoms with E-state index in [0.29, 0.717) is 16.5 Å². The number of anilines is 1. The molecule has 2 aromatic rings. The number of nitriles is 1. The number of carbonyl (C=O) groups is 1. The minimum absolute atomic E-state index is 0.0766. The molecule has 23 heavy (non-hydrogen) atoms. The highest BCUT2D eigenvalue weighted by Gasteiger charge is 2.17. The fourth-order valence-electron chi connectivity index (χ4n) is 2.13. The number of carbonyl (C=O) groups excluding carboxylic acids is 1. The molecule has 1 aromatic heterocycles. The average Bonchev–Trinajstić information content (AvgIpc) is 2.55. The summed E-state index contributed by atoms with van der Waals surface area (Å²) < 4.78 is 0. The fourth-order valence-corrected chi connectivity index (χ4v) is 2.97. The standard InChI is InChI=1S/C18H19N3OS/c1-12(2)15-6-4-5-7-16(15)21-18(22)13(3)23-17-10-14(11-19)8-9-20-17/h4-10,12-13H,1-3H3,(H,21,22). The van der Waals surface area contributed by atoms with E-state index >= 15 is 0 Å². The van der Waals surface area contributed by atoms with Gasteiger partial charge in [-0.2, -0.15) is 5.26 Å². The van der Waals surface area contributed by atoms with E-state index in [4.69, 9.17) is 5.26 Å². The third-order valence-corrected chi connectivity index (χ3v) is 4.40. The number of pyridine rings is 1. The number of hydrogen-bond acceptors (Lipinski definition) is 4. The first-order valence-corrected chi connectivity index (χ1v) is 8.32. The molecule has 1 N–H and O–H groups in total. The lowest BCUT2D eigenvalue weighted by molar-refractivity contribution is -0.115. The van der Waals surface area contributed by atoms with Gasteiger partial charge in [0, 0.05) is 11.9 Å². The lowest BCUT2D eigenvalue weighted by Gasteiger charge is -2.16. The van der Waals surface area contributed by atoms with Crippen LogP contribution in [-0.4, -0.2) is 16.1 Å². The van der Waals surface area contributed by atoms with E-state index < -0.39 is 0 Å². The third kappa shape index (κ3) is 4.57. The Balaban J connectivity index is 2.07. The molecule has 0 spiro atoms. The summed E-state index contributed by atoms with van der Waals surface area (Å²) in [6, 6.07) is 13.2. The molecule has 1 unspecified atom stereocenters. The van der Waals surface area contributed by atoms with Crippen molar-refractivity contribution in [1.82, 2.24) is 4.98 Å². The molecule has 5 heteroatoms. The first-order valence-electron chi connectivity index (χ1n) is 7.44. The number of amides is 1. The van der Waals surface area contributed by atoms with Crippen molar-refractivity contribution in [2.24, 2.45) is 0 Å². The number of nitrogens with one attached hydrogen (secondary N) is 1. The van der Waals surface area contributed by atoms with Crippen LogP contribution in [0.15, 0.2) is 47.6 Å². The summed E-state index contributed by atoms with van der Waals surface area (Å²) in [6.45, 7) is 6.03. The number of nitrogens with zero attached hydrogens (tertiary/aromatic N) is 2. The monoisotopic (exact) mass is 325 g/mol. The number of benzene rings is 1. The van der Waals surface area contributed by atoms with Gasteiger partial charge in [0.1, 0.15) is 0 Å². The van der Waals surface area contributed by atoms with E-state index in [1.165, 1.54) is 11.8 Å². The molecule has 1 aromatic carbocycles. The molecule has 0 aliphatic rings. The molecule has 1 atom stereocenters. The molecule has 1 heterocycles. The van der Waals surface area contributed by atoms with Crippen LogP contribution in [0.5, 0.6) is 0 Å². The molecular formula is C18H19N3OS. The Morgan fingerprint density at radius 3 is 2.70 bits per heavy atom. The number of hydrogen-bond donors (Lipinski definition) is 1. The highest BCUT2D eigenvalue weighted by molar-refractivity contribution is 8.00. The van der Waals surface area contributed by atoms with E-state index in [9.17, 15) is 4.79 Å². The minimum atomic E-state index is -0.309. The zero-order valence-electron chi connectivity index (χ0n) is 13.4. The second-order valence-corrected chi connectivity index (χ2v) is 6.85. The van der Waals surface area contributed by atoms with Crippen LogP contribution in [0.3, 0.4) is 0 Å². The molecule has 0 aliphatic carbocycles. The second-order valence-electron chi connectivity index (χ2n) is 5.49. The highest BCUT2D eigenvalue weighted by atomic mass is 32.2. The zero-order chi connectivity index (χ0) is 16.8. The third-order valence-electron chi connectivity index (χ3n) is 3.37. The van der Waals surface area contributed by atoms with Gasteiger partial charge in [0.05, 0.1) is 21.9 Å². The lowest BCUT2D eigenvalue weighted by atomic mass is 10.0. The fraction of sp³-hybridized carbons (Fsp3) is 0.278. The van der Waals surface area contributed by atoms with Crippen LogP contribution >= 0.6 is 11.8 Å². The Bertz CT molecular complexity index is 737. The van der Waals surface area contributed by atoms with Gasteiger partial charge in [0.15, 0.2) is 0 Å². The van der Waals surface area contributed by atoms with Crippen LogP contribution in [0.25, 0.3) is 0 Å². The average molecular weight is 325 g/mol. The van der Waals surface area contributed by atoms with Crippen LogP contribution in [0.1, 0.15) is 37.8 Å². The van der Waals surface area contributed by atoms with Gasteiger partial charge in [-0.1, -0.05) is 43.8 Å². The molecule has 0 bridgehead atoms. The van der Waals surface area contributed by atoms with Crippen molar-refractivity contribution in [2.45, 2.75) is 37.0 Å². The maximum atomic E-state index is 12.4. The largest absolute Gasteiger partial charge is 0.325 e. The number of para-hydroxylation sites is 1. The van der Waals surface area contributed by atoms with Crippen molar-refractivity contribution in [3.63, 3.8) is 0 Å². The van der Waals surface area contributed by atoms with Gasteiger partial charge >= 0.3 is 0 Å². The molecule has 4 nitrogen and oxygen atoms in total. The molecule has 0 saturated carbocycles. The molecular weight excluding hydrogens is 306 g/mol. The Labute approximate surface area is 140 Å². The molecule has 0 radical (unpaired) electrons. The van der Waals surface area contributed by atoms with E-state index in [0.717, 1.165) is 11.3 Å². The minimum Gasteiger partial charge on any atom is -0.325 e. The Morgan fingerprint density at radius 2 is 2.00 bits per heavy atom. The van der Waals surface area contributed by atoms with Gasteiger partial charge in [-0.05, 0) is 36.6 Å². The van der Waals surface area contributed by atoms with E-state index in [1.807, 2.05) is 31.2 Å². The van der Waals surface area contributed by atoms with Gasteiger partial charge in [-0.15, -0.1) is 0 Å². The van der Waals surface area contributed by atoms with Crippen molar-refractivity contribution >= 4 is 23.4 Å². The molecule has 0 fully saturated rings. The topological polar surface area (TPSA) is 65.8 Å². The van der Waals surface area contributed by atoms with E-state index in [2.05, 4.69) is 30.2 Å². The second kappa shape index (κ2) is 7.80. The van der Waals surface area contributed by atoms with Crippen LogP contribution < -0.4 is 5.32 Å². The van der Waals surface area contributed by atoms with Crippen LogP contribution in [0.2, 0.25) is 0 Å². The predicted octanol–water partition coefficient (Wildman–Crippen LogP) is 4.20. The lowest BCUT2D eigenvalue weighted by Crippen LogP contribution is -2.23. The summed E-state index contributed by atoms with van der Waals surface area (Å²) in [5.74, 6) is 0.260.